The van der Waals surface area contributed by atoms with Gasteiger partial charge in [-0.3, -0.25) is 19.9 Å². The molecule has 1 atom stereocenters. The van der Waals surface area contributed by atoms with E-state index in [1.807, 2.05) is 51.1 Å². The fourth-order valence-electron chi connectivity index (χ4n) is 1.59. The predicted octanol–water partition coefficient (Wildman–Crippen LogP) is 2.05. The van der Waals surface area contributed by atoms with Crippen LogP contribution in [-0.2, 0) is 9.53 Å². The molecule has 138 valence electrons. The smallest absolute Gasteiger partial charge is 0.302 e. The average molecular weight is 350 g/mol. The Morgan fingerprint density at radius 3 is 2.36 bits per heavy atom. The van der Waals surface area contributed by atoms with Gasteiger partial charge in [0.25, 0.3) is 6.47 Å². The number of ether oxygens (including phenoxy) is 1. The third-order valence-corrected chi connectivity index (χ3v) is 2.75. The Balaban J connectivity index is 0.000000697. The molecule has 8 nitrogen and oxygen atoms in total. The van der Waals surface area contributed by atoms with E-state index in [1.165, 1.54) is 6.21 Å². The van der Waals surface area contributed by atoms with Crippen molar-refractivity contribution in [2.24, 2.45) is 10.7 Å². The van der Waals surface area contributed by atoms with E-state index >= 15 is 0 Å². The zero-order chi connectivity index (χ0) is 19.3. The zero-order valence-corrected chi connectivity index (χ0v) is 15.0. The molecule has 0 amide bonds. The Hall–Kier alpha value is -2.74. The van der Waals surface area contributed by atoms with Gasteiger partial charge in [-0.05, 0) is 33.4 Å². The standard InChI is InChI=1S/C12H16N4O2.C5H10O2/c1-14-9-12(10-5-3-2-4-6-10)15-8-11(7-13)16(17)18;1-5(2,3)7-4-6/h2-8,12,14H,9,13H2,1H3;4H,1-3H3/b11-7+,15-8?;. The number of benzene rings is 1. The first-order valence-corrected chi connectivity index (χ1v) is 7.65. The molecule has 0 bridgehead atoms. The minimum absolute atomic E-state index is 0.175. The number of hydrogen-bond acceptors (Lipinski definition) is 7. The van der Waals surface area contributed by atoms with E-state index in [0.29, 0.717) is 13.0 Å². The number of nitrogens with two attached hydrogens (primary N) is 1. The summed E-state index contributed by atoms with van der Waals surface area (Å²) in [7, 11) is 1.80. The van der Waals surface area contributed by atoms with Crippen molar-refractivity contribution in [1.82, 2.24) is 5.32 Å². The molecule has 25 heavy (non-hydrogen) atoms. The van der Waals surface area contributed by atoms with Crippen LogP contribution in [0.4, 0.5) is 0 Å². The van der Waals surface area contributed by atoms with Crippen LogP contribution in [0.1, 0.15) is 32.4 Å². The highest BCUT2D eigenvalue weighted by Crippen LogP contribution is 2.15. The van der Waals surface area contributed by atoms with Crippen molar-refractivity contribution in [1.29, 1.82) is 0 Å². The average Bonchev–Trinajstić information content (AvgIpc) is 2.54. The van der Waals surface area contributed by atoms with Gasteiger partial charge in [-0.25, -0.2) is 0 Å². The van der Waals surface area contributed by atoms with Gasteiger partial charge in [0.1, 0.15) is 11.8 Å². The van der Waals surface area contributed by atoms with Crippen LogP contribution < -0.4 is 11.1 Å². The van der Waals surface area contributed by atoms with Gasteiger partial charge in [0, 0.05) is 6.54 Å². The van der Waals surface area contributed by atoms with Crippen molar-refractivity contribution in [3.05, 3.63) is 57.9 Å². The Morgan fingerprint density at radius 1 is 1.40 bits per heavy atom. The second kappa shape index (κ2) is 11.7. The summed E-state index contributed by atoms with van der Waals surface area (Å²) in [5.74, 6) is 0. The van der Waals surface area contributed by atoms with Gasteiger partial charge in [0.2, 0.25) is 0 Å². The maximum Gasteiger partial charge on any atom is 0.302 e. The summed E-state index contributed by atoms with van der Waals surface area (Å²) >= 11 is 0. The van der Waals surface area contributed by atoms with Gasteiger partial charge >= 0.3 is 5.70 Å². The second-order valence-corrected chi connectivity index (χ2v) is 5.94. The molecule has 0 fully saturated rings. The Bertz CT molecular complexity index is 580. The lowest BCUT2D eigenvalue weighted by atomic mass is 10.1. The first kappa shape index (κ1) is 22.3. The molecule has 0 aromatic heterocycles. The molecular formula is C17H26N4O4. The van der Waals surface area contributed by atoms with Crippen molar-refractivity contribution in [2.75, 3.05) is 13.6 Å². The number of carbonyl (C=O) groups is 1. The van der Waals surface area contributed by atoms with Crippen molar-refractivity contribution in [3.63, 3.8) is 0 Å². The number of aliphatic imine (C=N–C) groups is 1. The highest BCUT2D eigenvalue weighted by molar-refractivity contribution is 5.75. The molecule has 0 heterocycles. The second-order valence-electron chi connectivity index (χ2n) is 5.94. The van der Waals surface area contributed by atoms with Gasteiger partial charge in [0.15, 0.2) is 0 Å². The van der Waals surface area contributed by atoms with Gasteiger partial charge in [-0.1, -0.05) is 30.3 Å². The fourth-order valence-corrected chi connectivity index (χ4v) is 1.59. The van der Waals surface area contributed by atoms with Crippen LogP contribution in [0.5, 0.6) is 0 Å². The molecule has 3 N–H and O–H groups in total. The van der Waals surface area contributed by atoms with Crippen LogP contribution in [-0.4, -0.2) is 36.8 Å². The summed E-state index contributed by atoms with van der Waals surface area (Å²) in [5, 5.41) is 13.6. The summed E-state index contributed by atoms with van der Waals surface area (Å²) in [6.07, 6.45) is 2.12. The van der Waals surface area contributed by atoms with E-state index in [4.69, 9.17) is 5.73 Å². The molecule has 0 aliphatic heterocycles. The lowest BCUT2D eigenvalue weighted by molar-refractivity contribution is -0.414. The monoisotopic (exact) mass is 350 g/mol. The minimum Gasteiger partial charge on any atom is -0.462 e. The number of nitrogens with one attached hydrogen (secondary N) is 1. The molecule has 0 spiro atoms. The predicted molar refractivity (Wildman–Crippen MR) is 97.8 cm³/mol. The number of carbonyl (C=O) groups excluding carboxylic acids is 1. The Kier molecular flexibility index (Phi) is 10.5. The highest BCUT2D eigenvalue weighted by Gasteiger charge is 2.10. The highest BCUT2D eigenvalue weighted by atomic mass is 16.6. The molecular weight excluding hydrogens is 324 g/mol. The van der Waals surface area contributed by atoms with Crippen LogP contribution in [0.15, 0.2) is 47.2 Å². The number of rotatable bonds is 7. The molecule has 0 radical (unpaired) electrons. The van der Waals surface area contributed by atoms with Gasteiger partial charge in [-0.15, -0.1) is 0 Å². The van der Waals surface area contributed by atoms with Gasteiger partial charge in [0.05, 0.1) is 17.2 Å². The molecule has 1 aromatic rings. The van der Waals surface area contributed by atoms with E-state index in [9.17, 15) is 14.9 Å². The quantitative estimate of drug-likeness (QED) is 0.336. The van der Waals surface area contributed by atoms with Crippen LogP contribution in [0.2, 0.25) is 0 Å². The SMILES string of the molecule is CC(C)(C)OC=O.CNCC(N=C/C(=C\N)[N+](=O)[O-])c1ccccc1. The number of nitro groups is 1. The number of allylic oxidation sites excluding steroid dienone is 1. The summed E-state index contributed by atoms with van der Waals surface area (Å²) in [6, 6.07) is 9.40. The Labute approximate surface area is 147 Å². The molecule has 0 saturated heterocycles. The van der Waals surface area contributed by atoms with Crippen molar-refractivity contribution < 1.29 is 14.5 Å². The Morgan fingerprint density at radius 2 is 2.00 bits per heavy atom. The molecule has 8 heteroatoms. The van der Waals surface area contributed by atoms with Gasteiger partial charge in [-0.2, -0.15) is 0 Å². The number of likely N-dealkylation sites (N-methyl/N-ethyl adjacent to an activating group) is 1. The maximum absolute atomic E-state index is 10.6. The first-order chi connectivity index (χ1) is 11.7. The molecule has 0 aliphatic carbocycles. The van der Waals surface area contributed by atoms with Crippen LogP contribution in [0, 0.1) is 10.1 Å². The molecule has 1 unspecified atom stereocenters. The van der Waals surface area contributed by atoms with Crippen molar-refractivity contribution >= 4 is 12.7 Å². The number of nitrogens with zero attached hydrogens (tertiary/aromatic N) is 2. The molecule has 0 saturated carbocycles. The van der Waals surface area contributed by atoms with Crippen molar-refractivity contribution in [3.8, 4) is 0 Å². The van der Waals surface area contributed by atoms with Crippen molar-refractivity contribution in [2.45, 2.75) is 32.4 Å². The summed E-state index contributed by atoms with van der Waals surface area (Å²) in [6.45, 7) is 6.51. The van der Waals surface area contributed by atoms with Crippen LogP contribution in [0.3, 0.4) is 0 Å². The minimum atomic E-state index is -0.565. The summed E-state index contributed by atoms with van der Waals surface area (Å²) in [4.78, 5) is 23.8. The molecule has 1 aromatic carbocycles. The van der Waals surface area contributed by atoms with Gasteiger partial charge < -0.3 is 15.8 Å². The topological polar surface area (TPSA) is 120 Å². The number of hydrogen-bond donors (Lipinski definition) is 2. The van der Waals surface area contributed by atoms with Crippen LogP contribution in [0.25, 0.3) is 0 Å². The molecule has 1 rings (SSSR count). The lowest BCUT2D eigenvalue weighted by Gasteiger charge is -2.14. The third-order valence-electron chi connectivity index (χ3n) is 2.75. The summed E-state index contributed by atoms with van der Waals surface area (Å²) < 4.78 is 4.55. The first-order valence-electron chi connectivity index (χ1n) is 7.65. The summed E-state index contributed by atoms with van der Waals surface area (Å²) in [5.41, 5.74) is 5.62. The third kappa shape index (κ3) is 10.6. The fraction of sp³-hybridized carbons (Fsp3) is 0.412. The van der Waals surface area contributed by atoms with E-state index in [1.54, 1.807) is 7.05 Å². The van der Waals surface area contributed by atoms with E-state index in [2.05, 4.69) is 15.0 Å². The van der Waals surface area contributed by atoms with E-state index < -0.39 is 4.92 Å². The van der Waals surface area contributed by atoms with E-state index in [-0.39, 0.29) is 17.3 Å². The maximum atomic E-state index is 10.6. The largest absolute Gasteiger partial charge is 0.462 e. The lowest BCUT2D eigenvalue weighted by Crippen LogP contribution is -2.17. The molecule has 0 aliphatic rings. The van der Waals surface area contributed by atoms with Crippen LogP contribution >= 0.6 is 0 Å². The zero-order valence-electron chi connectivity index (χ0n) is 15.0. The normalized spacial score (nSPS) is 12.9. The van der Waals surface area contributed by atoms with E-state index in [0.717, 1.165) is 11.8 Å².